The van der Waals surface area contributed by atoms with E-state index < -0.39 is 0 Å². The van der Waals surface area contributed by atoms with E-state index in [0.717, 1.165) is 5.69 Å². The molecule has 0 spiro atoms. The summed E-state index contributed by atoms with van der Waals surface area (Å²) in [7, 11) is 0. The number of rotatable bonds is 4. The zero-order valence-corrected chi connectivity index (χ0v) is 15.1. The molecule has 2 aromatic carbocycles. The summed E-state index contributed by atoms with van der Waals surface area (Å²) in [6, 6.07) is 14.6. The maximum Gasteiger partial charge on any atom is 0.166 e. The Kier molecular flexibility index (Phi) is 5.40. The van der Waals surface area contributed by atoms with Gasteiger partial charge < -0.3 is 10.1 Å². The van der Waals surface area contributed by atoms with Crippen LogP contribution in [0.1, 0.15) is 0 Å². The van der Waals surface area contributed by atoms with E-state index in [1.807, 2.05) is 12.1 Å². The van der Waals surface area contributed by atoms with E-state index in [4.69, 9.17) is 39.5 Å². The third-order valence-corrected chi connectivity index (χ3v) is 4.36. The molecule has 0 amide bonds. The lowest BCUT2D eigenvalue weighted by Gasteiger charge is -2.18. The molecule has 0 atom stereocenters. The van der Waals surface area contributed by atoms with Gasteiger partial charge >= 0.3 is 0 Å². The average Bonchev–Trinajstić information content (AvgIpc) is 2.99. The maximum absolute atomic E-state index is 9.51. The molecule has 25 heavy (non-hydrogen) atoms. The third kappa shape index (κ3) is 3.85. The number of nitrogens with one attached hydrogen (secondary N) is 1. The number of halogens is 3. The van der Waals surface area contributed by atoms with Crippen LogP contribution in [0.4, 0.5) is 11.4 Å². The molecule has 0 aliphatic carbocycles. The van der Waals surface area contributed by atoms with Crippen molar-refractivity contribution in [3.63, 3.8) is 0 Å². The maximum atomic E-state index is 9.51. The normalized spacial score (nSPS) is 13.9. The van der Waals surface area contributed by atoms with Gasteiger partial charge in [-0.25, -0.2) is 0 Å². The lowest BCUT2D eigenvalue weighted by Crippen LogP contribution is -2.19. The molecule has 1 aliphatic rings. The van der Waals surface area contributed by atoms with Gasteiger partial charge in [-0.05, 0) is 42.5 Å². The molecule has 3 rings (SSSR count). The van der Waals surface area contributed by atoms with Gasteiger partial charge in [0.1, 0.15) is 6.07 Å². The minimum absolute atomic E-state index is 0.160. The van der Waals surface area contributed by atoms with Crippen LogP contribution < -0.4 is 10.2 Å². The van der Waals surface area contributed by atoms with Crippen LogP contribution in [0.5, 0.6) is 0 Å². The van der Waals surface area contributed by atoms with E-state index in [1.165, 1.54) is 0 Å². The summed E-state index contributed by atoms with van der Waals surface area (Å²) in [6.07, 6.45) is 3.37. The zero-order valence-electron chi connectivity index (χ0n) is 12.8. The van der Waals surface area contributed by atoms with Crippen molar-refractivity contribution in [1.82, 2.24) is 0 Å². The van der Waals surface area contributed by atoms with Crippen molar-refractivity contribution in [2.45, 2.75) is 0 Å². The Labute approximate surface area is 160 Å². The van der Waals surface area contributed by atoms with Crippen LogP contribution in [-0.2, 0) is 4.74 Å². The first kappa shape index (κ1) is 17.5. The number of hydrogen-bond donors (Lipinski definition) is 1. The van der Waals surface area contributed by atoms with Gasteiger partial charge in [0.05, 0.1) is 15.7 Å². The zero-order chi connectivity index (χ0) is 17.8. The van der Waals surface area contributed by atoms with E-state index in [9.17, 15) is 5.26 Å². The quantitative estimate of drug-likeness (QED) is 0.714. The Morgan fingerprint density at radius 2 is 1.76 bits per heavy atom. The number of nitriles is 1. The number of para-hydroxylation sites is 1. The van der Waals surface area contributed by atoms with Crippen molar-refractivity contribution in [3.05, 3.63) is 81.3 Å². The lowest BCUT2D eigenvalue weighted by atomic mass is 10.2. The topological polar surface area (TPSA) is 48.3 Å². The fraction of sp³-hybridized carbons (Fsp3) is 0.0556. The smallest absolute Gasteiger partial charge is 0.166 e. The van der Waals surface area contributed by atoms with Crippen LogP contribution in [0.25, 0.3) is 0 Å². The lowest BCUT2D eigenvalue weighted by molar-refractivity contribution is 0.257. The molecule has 0 saturated heterocycles. The summed E-state index contributed by atoms with van der Waals surface area (Å²) in [5.41, 5.74) is 1.75. The largest absolute Gasteiger partial charge is 0.470 e. The molecular weight excluding hydrogens is 381 g/mol. The fourth-order valence-electron chi connectivity index (χ4n) is 2.33. The minimum atomic E-state index is 0.160. The van der Waals surface area contributed by atoms with Crippen molar-refractivity contribution in [2.24, 2.45) is 0 Å². The SMILES string of the molecule is N#CC1=C(/C=C/Nc2ccc(Cl)cc2)OCN1c1c(Cl)cccc1Cl. The third-order valence-electron chi connectivity index (χ3n) is 3.49. The van der Waals surface area contributed by atoms with Gasteiger partial charge in [0, 0.05) is 16.9 Å². The fourth-order valence-corrected chi connectivity index (χ4v) is 3.05. The molecule has 0 unspecified atom stereocenters. The number of anilines is 2. The molecule has 2 aromatic rings. The second-order valence-corrected chi connectivity index (χ2v) is 6.33. The highest BCUT2D eigenvalue weighted by Crippen LogP contribution is 2.38. The molecule has 0 radical (unpaired) electrons. The molecule has 1 N–H and O–H groups in total. The highest BCUT2D eigenvalue weighted by molar-refractivity contribution is 6.39. The van der Waals surface area contributed by atoms with Crippen molar-refractivity contribution in [3.8, 4) is 6.07 Å². The van der Waals surface area contributed by atoms with Gasteiger partial charge in [0.2, 0.25) is 0 Å². The van der Waals surface area contributed by atoms with Crippen LogP contribution >= 0.6 is 34.8 Å². The summed E-state index contributed by atoms with van der Waals surface area (Å²) in [5.74, 6) is 0.431. The highest BCUT2D eigenvalue weighted by Gasteiger charge is 2.27. The van der Waals surface area contributed by atoms with Crippen LogP contribution in [0, 0.1) is 11.3 Å². The summed E-state index contributed by atoms with van der Waals surface area (Å²) in [4.78, 5) is 1.65. The Morgan fingerprint density at radius 3 is 2.40 bits per heavy atom. The van der Waals surface area contributed by atoms with E-state index >= 15 is 0 Å². The molecule has 1 heterocycles. The first-order chi connectivity index (χ1) is 12.1. The van der Waals surface area contributed by atoms with Crippen LogP contribution in [0.2, 0.25) is 15.1 Å². The predicted octanol–water partition coefficient (Wildman–Crippen LogP) is 5.80. The summed E-state index contributed by atoms with van der Waals surface area (Å²) in [6.45, 7) is 0.160. The van der Waals surface area contributed by atoms with Crippen LogP contribution in [0.3, 0.4) is 0 Å². The van der Waals surface area contributed by atoms with Gasteiger partial charge in [-0.2, -0.15) is 5.26 Å². The van der Waals surface area contributed by atoms with Crippen molar-refractivity contribution < 1.29 is 4.74 Å². The molecule has 4 nitrogen and oxygen atoms in total. The number of hydrogen-bond acceptors (Lipinski definition) is 4. The summed E-state index contributed by atoms with van der Waals surface area (Å²) in [5, 5.41) is 14.2. The number of allylic oxidation sites excluding steroid dienone is 2. The van der Waals surface area contributed by atoms with E-state index in [-0.39, 0.29) is 6.73 Å². The number of nitrogens with zero attached hydrogens (tertiary/aromatic N) is 2. The predicted molar refractivity (Wildman–Crippen MR) is 102 cm³/mol. The molecule has 0 fully saturated rings. The molecule has 126 valence electrons. The number of benzene rings is 2. The Morgan fingerprint density at radius 1 is 1.08 bits per heavy atom. The van der Waals surface area contributed by atoms with Gasteiger partial charge in [0.15, 0.2) is 18.2 Å². The van der Waals surface area contributed by atoms with E-state index in [1.54, 1.807) is 47.5 Å². The van der Waals surface area contributed by atoms with E-state index in [0.29, 0.717) is 32.2 Å². The standard InChI is InChI=1S/C18H12Cl3N3O/c19-12-4-6-13(7-5-12)23-9-8-17-16(10-22)24(11-25-17)18-14(20)2-1-3-15(18)21/h1-9,23H,11H2/b9-8+. The molecule has 1 aliphatic heterocycles. The first-order valence-electron chi connectivity index (χ1n) is 7.27. The Bertz CT molecular complexity index is 865. The van der Waals surface area contributed by atoms with Crippen molar-refractivity contribution in [1.29, 1.82) is 5.26 Å². The van der Waals surface area contributed by atoms with Crippen LogP contribution in [0.15, 0.2) is 66.2 Å². The second kappa shape index (κ2) is 7.71. The van der Waals surface area contributed by atoms with Gasteiger partial charge in [-0.1, -0.05) is 40.9 Å². The monoisotopic (exact) mass is 391 g/mol. The van der Waals surface area contributed by atoms with Crippen molar-refractivity contribution in [2.75, 3.05) is 16.9 Å². The Hall–Kier alpha value is -2.32. The molecule has 0 aromatic heterocycles. The molecular formula is C18H12Cl3N3O. The molecule has 0 bridgehead atoms. The van der Waals surface area contributed by atoms with Crippen LogP contribution in [-0.4, -0.2) is 6.73 Å². The van der Waals surface area contributed by atoms with Gasteiger partial charge in [-0.15, -0.1) is 0 Å². The van der Waals surface area contributed by atoms with Crippen molar-refractivity contribution >= 4 is 46.2 Å². The highest BCUT2D eigenvalue weighted by atomic mass is 35.5. The molecule has 7 heteroatoms. The number of ether oxygens (including phenoxy) is 1. The summed E-state index contributed by atoms with van der Waals surface area (Å²) >= 11 is 18.3. The average molecular weight is 393 g/mol. The Balaban J connectivity index is 1.82. The molecule has 0 saturated carbocycles. The second-order valence-electron chi connectivity index (χ2n) is 5.08. The first-order valence-corrected chi connectivity index (χ1v) is 8.41. The van der Waals surface area contributed by atoms with Gasteiger partial charge in [0.25, 0.3) is 0 Å². The summed E-state index contributed by atoms with van der Waals surface area (Å²) < 4.78 is 5.61. The minimum Gasteiger partial charge on any atom is -0.470 e. The van der Waals surface area contributed by atoms with E-state index in [2.05, 4.69) is 11.4 Å². The van der Waals surface area contributed by atoms with Gasteiger partial charge in [-0.3, -0.25) is 4.90 Å².